The van der Waals surface area contributed by atoms with Gasteiger partial charge in [-0.2, -0.15) is 10.2 Å². The molecule has 0 bridgehead atoms. The fourth-order valence-electron chi connectivity index (χ4n) is 3.23. The van der Waals surface area contributed by atoms with Gasteiger partial charge >= 0.3 is 0 Å². The minimum absolute atomic E-state index is 0.00668. The van der Waals surface area contributed by atoms with E-state index in [4.69, 9.17) is 11.0 Å². The molecule has 4 rings (SSSR count). The number of fused-ring (bicyclic) bond motifs is 1. The standard InChI is InChI=1S/C19H15F2N7/c1-27-10-28(9-12-13(20)3-2-4-14(12)21)18-17(27)16(25-19(23)26-18)15-7-11(8-22)5-6-24-15/h2-7H,9-10H2,1H3,(H2,23,25,26). The number of hydrogen-bond acceptors (Lipinski definition) is 7. The molecule has 0 fully saturated rings. The van der Waals surface area contributed by atoms with Gasteiger partial charge in [0.15, 0.2) is 5.82 Å². The van der Waals surface area contributed by atoms with Crippen LogP contribution in [0.3, 0.4) is 0 Å². The van der Waals surface area contributed by atoms with E-state index in [2.05, 4.69) is 21.0 Å². The van der Waals surface area contributed by atoms with Crippen LogP contribution in [0.5, 0.6) is 0 Å². The van der Waals surface area contributed by atoms with Crippen LogP contribution in [0.25, 0.3) is 11.4 Å². The molecule has 0 unspecified atom stereocenters. The Balaban J connectivity index is 1.81. The molecular weight excluding hydrogens is 364 g/mol. The summed E-state index contributed by atoms with van der Waals surface area (Å²) in [6.07, 6.45) is 1.51. The Hall–Kier alpha value is -3.80. The van der Waals surface area contributed by atoms with E-state index in [1.165, 1.54) is 24.4 Å². The maximum Gasteiger partial charge on any atom is 0.222 e. The van der Waals surface area contributed by atoms with Crippen LogP contribution < -0.4 is 15.5 Å². The van der Waals surface area contributed by atoms with Gasteiger partial charge in [0.05, 0.1) is 30.5 Å². The predicted molar refractivity (Wildman–Crippen MR) is 100 cm³/mol. The summed E-state index contributed by atoms with van der Waals surface area (Å²) < 4.78 is 28.2. The summed E-state index contributed by atoms with van der Waals surface area (Å²) in [6.45, 7) is 0.323. The van der Waals surface area contributed by atoms with Crippen molar-refractivity contribution in [2.24, 2.45) is 0 Å². The number of hydrogen-bond donors (Lipinski definition) is 1. The summed E-state index contributed by atoms with van der Waals surface area (Å²) in [5.74, 6) is -0.785. The molecule has 0 spiro atoms. The Labute approximate surface area is 159 Å². The second kappa shape index (κ2) is 6.74. The first kappa shape index (κ1) is 17.6. The van der Waals surface area contributed by atoms with Crippen LogP contribution >= 0.6 is 0 Å². The van der Waals surface area contributed by atoms with Crippen molar-refractivity contribution in [2.45, 2.75) is 6.54 Å². The fourth-order valence-corrected chi connectivity index (χ4v) is 3.23. The minimum Gasteiger partial charge on any atom is -0.368 e. The lowest BCUT2D eigenvalue weighted by Crippen LogP contribution is -2.28. The molecule has 0 aliphatic carbocycles. The third-order valence-electron chi connectivity index (χ3n) is 4.49. The lowest BCUT2D eigenvalue weighted by molar-refractivity contribution is 0.551. The second-order valence-corrected chi connectivity index (χ2v) is 6.38. The van der Waals surface area contributed by atoms with E-state index >= 15 is 0 Å². The molecule has 2 N–H and O–H groups in total. The lowest BCUT2D eigenvalue weighted by atomic mass is 10.1. The zero-order chi connectivity index (χ0) is 19.8. The molecule has 0 atom stereocenters. The fraction of sp³-hybridized carbons (Fsp3) is 0.158. The molecule has 1 aromatic carbocycles. The van der Waals surface area contributed by atoms with E-state index in [0.717, 1.165) is 0 Å². The zero-order valence-corrected chi connectivity index (χ0v) is 14.9. The van der Waals surface area contributed by atoms with Gasteiger partial charge in [0.25, 0.3) is 0 Å². The summed E-state index contributed by atoms with van der Waals surface area (Å²) >= 11 is 0. The van der Waals surface area contributed by atoms with Crippen LogP contribution in [-0.2, 0) is 6.54 Å². The SMILES string of the molecule is CN1CN(Cc2c(F)cccc2F)c2nc(N)nc(-c3cc(C#N)ccn3)c21. The Morgan fingerprint density at radius 1 is 1.21 bits per heavy atom. The predicted octanol–water partition coefficient (Wildman–Crippen LogP) is 2.68. The monoisotopic (exact) mass is 379 g/mol. The van der Waals surface area contributed by atoms with Gasteiger partial charge < -0.3 is 15.5 Å². The van der Waals surface area contributed by atoms with E-state index in [9.17, 15) is 8.78 Å². The number of nitrogens with zero attached hydrogens (tertiary/aromatic N) is 6. The van der Waals surface area contributed by atoms with Crippen LogP contribution in [0.2, 0.25) is 0 Å². The normalized spacial score (nSPS) is 12.8. The van der Waals surface area contributed by atoms with Crippen molar-refractivity contribution >= 4 is 17.5 Å². The summed E-state index contributed by atoms with van der Waals surface area (Å²) in [5, 5.41) is 9.14. The molecule has 0 saturated heterocycles. The van der Waals surface area contributed by atoms with Gasteiger partial charge in [-0.25, -0.2) is 13.8 Å². The first-order valence-electron chi connectivity index (χ1n) is 8.41. The first-order chi connectivity index (χ1) is 13.5. The molecule has 0 radical (unpaired) electrons. The number of nitrogen functional groups attached to an aromatic ring is 1. The number of halogens is 2. The van der Waals surface area contributed by atoms with Gasteiger partial charge in [-0.05, 0) is 24.3 Å². The molecule has 9 heteroatoms. The highest BCUT2D eigenvalue weighted by Gasteiger charge is 2.31. The van der Waals surface area contributed by atoms with Crippen molar-refractivity contribution in [1.29, 1.82) is 5.26 Å². The smallest absolute Gasteiger partial charge is 0.222 e. The van der Waals surface area contributed by atoms with Crippen LogP contribution in [0.4, 0.5) is 26.2 Å². The van der Waals surface area contributed by atoms with Crippen molar-refractivity contribution in [3.8, 4) is 17.5 Å². The number of nitrogens with two attached hydrogens (primary N) is 1. The largest absolute Gasteiger partial charge is 0.368 e. The van der Waals surface area contributed by atoms with Crippen LogP contribution in [0.15, 0.2) is 36.5 Å². The van der Waals surface area contributed by atoms with Gasteiger partial charge in [-0.3, -0.25) is 4.98 Å². The van der Waals surface area contributed by atoms with E-state index in [-0.39, 0.29) is 18.1 Å². The third-order valence-corrected chi connectivity index (χ3v) is 4.49. The van der Waals surface area contributed by atoms with Gasteiger partial charge in [0.2, 0.25) is 5.95 Å². The summed E-state index contributed by atoms with van der Waals surface area (Å²) in [6, 6.07) is 9.02. The van der Waals surface area contributed by atoms with Crippen LogP contribution in [0, 0.1) is 23.0 Å². The Morgan fingerprint density at radius 2 is 1.96 bits per heavy atom. The zero-order valence-electron chi connectivity index (χ0n) is 14.9. The summed E-state index contributed by atoms with van der Waals surface area (Å²) in [5.41, 5.74) is 7.83. The number of anilines is 3. The molecular formula is C19H15F2N7. The highest BCUT2D eigenvalue weighted by Crippen LogP contribution is 2.41. The average Bonchev–Trinajstić information content (AvgIpc) is 2.99. The van der Waals surface area contributed by atoms with Gasteiger partial charge in [-0.1, -0.05) is 6.07 Å². The highest BCUT2D eigenvalue weighted by molar-refractivity contribution is 5.86. The third kappa shape index (κ3) is 2.95. The Kier molecular flexibility index (Phi) is 4.24. The maximum atomic E-state index is 14.1. The molecule has 28 heavy (non-hydrogen) atoms. The second-order valence-electron chi connectivity index (χ2n) is 6.38. The van der Waals surface area contributed by atoms with Crippen LogP contribution in [-0.4, -0.2) is 28.7 Å². The topological polar surface area (TPSA) is 95.0 Å². The van der Waals surface area contributed by atoms with Gasteiger partial charge in [0, 0.05) is 18.8 Å². The number of nitriles is 1. The average molecular weight is 379 g/mol. The first-order valence-corrected chi connectivity index (χ1v) is 8.41. The molecule has 3 aromatic rings. The molecule has 2 aromatic heterocycles. The van der Waals surface area contributed by atoms with Crippen LogP contribution in [0.1, 0.15) is 11.1 Å². The molecule has 7 nitrogen and oxygen atoms in total. The summed E-state index contributed by atoms with van der Waals surface area (Å²) in [4.78, 5) is 16.4. The Bertz CT molecular complexity index is 1090. The van der Waals surface area contributed by atoms with E-state index in [1.807, 2.05) is 11.9 Å². The van der Waals surface area contributed by atoms with Crippen molar-refractivity contribution in [2.75, 3.05) is 29.2 Å². The number of aromatic nitrogens is 3. The molecule has 0 amide bonds. The van der Waals surface area contributed by atoms with E-state index in [0.29, 0.717) is 35.1 Å². The quantitative estimate of drug-likeness (QED) is 0.747. The van der Waals surface area contributed by atoms with Gasteiger partial charge in [-0.15, -0.1) is 0 Å². The molecule has 1 aliphatic heterocycles. The molecule has 3 heterocycles. The lowest BCUT2D eigenvalue weighted by Gasteiger charge is -2.19. The van der Waals surface area contributed by atoms with E-state index in [1.54, 1.807) is 17.0 Å². The number of pyridine rings is 1. The number of benzene rings is 1. The van der Waals surface area contributed by atoms with E-state index < -0.39 is 11.6 Å². The van der Waals surface area contributed by atoms with Crippen molar-refractivity contribution in [1.82, 2.24) is 15.0 Å². The highest BCUT2D eigenvalue weighted by atomic mass is 19.1. The minimum atomic E-state index is -0.623. The van der Waals surface area contributed by atoms with Crippen molar-refractivity contribution in [3.05, 3.63) is 59.3 Å². The summed E-state index contributed by atoms with van der Waals surface area (Å²) in [7, 11) is 1.81. The van der Waals surface area contributed by atoms with Gasteiger partial charge in [0.1, 0.15) is 23.0 Å². The molecule has 1 aliphatic rings. The molecule has 140 valence electrons. The van der Waals surface area contributed by atoms with Crippen molar-refractivity contribution in [3.63, 3.8) is 0 Å². The van der Waals surface area contributed by atoms with Crippen molar-refractivity contribution < 1.29 is 8.78 Å². The number of rotatable bonds is 3. The Morgan fingerprint density at radius 3 is 2.68 bits per heavy atom. The maximum absolute atomic E-state index is 14.1. The molecule has 0 saturated carbocycles.